The molecule has 2 N–H and O–H groups in total. The maximum atomic E-state index is 11.2. The summed E-state index contributed by atoms with van der Waals surface area (Å²) in [6.45, 7) is 6.47. The first-order valence-corrected chi connectivity index (χ1v) is 7.21. The molecule has 0 saturated heterocycles. The van der Waals surface area contributed by atoms with Crippen molar-refractivity contribution < 1.29 is 4.79 Å². The molecule has 0 heterocycles. The van der Waals surface area contributed by atoms with Crippen LogP contribution < -0.4 is 10.6 Å². The van der Waals surface area contributed by atoms with Gasteiger partial charge in [-0.05, 0) is 31.0 Å². The lowest BCUT2D eigenvalue weighted by Crippen LogP contribution is -2.19. The molecule has 0 aromatic heterocycles. The van der Waals surface area contributed by atoms with E-state index in [1.807, 2.05) is 24.3 Å². The van der Waals surface area contributed by atoms with Crippen molar-refractivity contribution in [3.63, 3.8) is 0 Å². The van der Waals surface area contributed by atoms with Gasteiger partial charge in [0.1, 0.15) is 0 Å². The zero-order valence-corrected chi connectivity index (χ0v) is 12.8. The Morgan fingerprint density at radius 2 is 1.76 bits per heavy atom. The second kappa shape index (κ2) is 7.04. The molecule has 1 atom stereocenters. The van der Waals surface area contributed by atoms with E-state index in [0.29, 0.717) is 6.54 Å². The Morgan fingerprint density at radius 3 is 2.43 bits per heavy atom. The van der Waals surface area contributed by atoms with Crippen LogP contribution in [0.15, 0.2) is 48.5 Å². The molecule has 0 aliphatic carbocycles. The number of para-hydroxylation sites is 1. The van der Waals surface area contributed by atoms with Crippen molar-refractivity contribution in [1.82, 2.24) is 5.32 Å². The van der Waals surface area contributed by atoms with Gasteiger partial charge in [0.05, 0.1) is 0 Å². The molecule has 0 spiro atoms. The van der Waals surface area contributed by atoms with Crippen molar-refractivity contribution in [1.29, 1.82) is 0 Å². The minimum Gasteiger partial charge on any atom is -0.326 e. The lowest BCUT2D eigenvalue weighted by atomic mass is 10.1. The fourth-order valence-corrected chi connectivity index (χ4v) is 2.22. The highest BCUT2D eigenvalue weighted by Crippen LogP contribution is 2.18. The van der Waals surface area contributed by atoms with Gasteiger partial charge in [-0.3, -0.25) is 4.79 Å². The molecule has 1 unspecified atom stereocenters. The van der Waals surface area contributed by atoms with Crippen LogP contribution in [0.3, 0.4) is 0 Å². The van der Waals surface area contributed by atoms with E-state index >= 15 is 0 Å². The van der Waals surface area contributed by atoms with E-state index in [1.165, 1.54) is 18.1 Å². The van der Waals surface area contributed by atoms with Gasteiger partial charge in [-0.15, -0.1) is 0 Å². The van der Waals surface area contributed by atoms with E-state index in [-0.39, 0.29) is 11.9 Å². The Labute approximate surface area is 126 Å². The largest absolute Gasteiger partial charge is 0.326 e. The third-order valence-corrected chi connectivity index (χ3v) is 3.50. The molecule has 3 heteroatoms. The van der Waals surface area contributed by atoms with E-state index in [9.17, 15) is 4.79 Å². The number of amides is 1. The number of carbonyl (C=O) groups is 1. The summed E-state index contributed by atoms with van der Waals surface area (Å²) in [6, 6.07) is 16.7. The first-order valence-electron chi connectivity index (χ1n) is 7.21. The lowest BCUT2D eigenvalue weighted by Gasteiger charge is -2.16. The highest BCUT2D eigenvalue weighted by molar-refractivity contribution is 5.89. The highest BCUT2D eigenvalue weighted by Gasteiger charge is 2.07. The van der Waals surface area contributed by atoms with Crippen molar-refractivity contribution in [2.45, 2.75) is 33.4 Å². The Morgan fingerprint density at radius 1 is 1.10 bits per heavy atom. The summed E-state index contributed by atoms with van der Waals surface area (Å²) in [5.41, 5.74) is 4.49. The van der Waals surface area contributed by atoms with Gasteiger partial charge >= 0.3 is 0 Å². The molecule has 1 amide bonds. The third kappa shape index (κ3) is 4.43. The molecular weight excluding hydrogens is 260 g/mol. The van der Waals surface area contributed by atoms with Gasteiger partial charge in [-0.2, -0.15) is 0 Å². The molecular formula is C18H22N2O. The van der Waals surface area contributed by atoms with Gasteiger partial charge in [-0.25, -0.2) is 0 Å². The summed E-state index contributed by atoms with van der Waals surface area (Å²) in [7, 11) is 0. The van der Waals surface area contributed by atoms with Crippen molar-refractivity contribution in [2.24, 2.45) is 0 Å². The van der Waals surface area contributed by atoms with Crippen LogP contribution in [0.2, 0.25) is 0 Å². The van der Waals surface area contributed by atoms with Gasteiger partial charge in [0.2, 0.25) is 5.91 Å². The average Bonchev–Trinajstić information content (AvgIpc) is 2.46. The van der Waals surface area contributed by atoms with Crippen LogP contribution in [0, 0.1) is 6.92 Å². The Balaban J connectivity index is 2.02. The normalized spacial score (nSPS) is 12.0. The average molecular weight is 282 g/mol. The number of hydrogen-bond donors (Lipinski definition) is 2. The van der Waals surface area contributed by atoms with Crippen LogP contribution in [0.1, 0.15) is 36.6 Å². The molecule has 0 bridgehead atoms. The first kappa shape index (κ1) is 15.3. The second-order valence-electron chi connectivity index (χ2n) is 5.35. The Hall–Kier alpha value is -2.13. The predicted molar refractivity (Wildman–Crippen MR) is 87.2 cm³/mol. The molecule has 2 rings (SSSR count). The molecule has 2 aromatic carbocycles. The number of rotatable bonds is 5. The molecule has 0 aliphatic heterocycles. The van der Waals surface area contributed by atoms with E-state index < -0.39 is 0 Å². The third-order valence-electron chi connectivity index (χ3n) is 3.50. The maximum absolute atomic E-state index is 11.2. The van der Waals surface area contributed by atoms with E-state index in [1.54, 1.807) is 0 Å². The van der Waals surface area contributed by atoms with Crippen molar-refractivity contribution in [3.8, 4) is 0 Å². The zero-order chi connectivity index (χ0) is 15.2. The van der Waals surface area contributed by atoms with Crippen LogP contribution in [-0.4, -0.2) is 5.91 Å². The van der Waals surface area contributed by atoms with Crippen LogP contribution in [0.5, 0.6) is 0 Å². The first-order chi connectivity index (χ1) is 10.1. The zero-order valence-electron chi connectivity index (χ0n) is 12.8. The van der Waals surface area contributed by atoms with Gasteiger partial charge in [-0.1, -0.05) is 48.0 Å². The van der Waals surface area contributed by atoms with E-state index in [2.05, 4.69) is 48.7 Å². The highest BCUT2D eigenvalue weighted by atomic mass is 16.1. The van der Waals surface area contributed by atoms with Gasteiger partial charge < -0.3 is 10.6 Å². The van der Waals surface area contributed by atoms with Crippen LogP contribution in [0.4, 0.5) is 5.69 Å². The molecule has 0 aliphatic rings. The van der Waals surface area contributed by atoms with Crippen molar-refractivity contribution in [2.75, 3.05) is 5.32 Å². The quantitative estimate of drug-likeness (QED) is 0.875. The maximum Gasteiger partial charge on any atom is 0.221 e. The molecule has 0 saturated carbocycles. The topological polar surface area (TPSA) is 41.1 Å². The summed E-state index contributed by atoms with van der Waals surface area (Å²) in [6.07, 6.45) is 0. The summed E-state index contributed by atoms with van der Waals surface area (Å²) >= 11 is 0. The van der Waals surface area contributed by atoms with Crippen LogP contribution in [-0.2, 0) is 11.3 Å². The fourth-order valence-electron chi connectivity index (χ4n) is 2.22. The molecule has 110 valence electrons. The lowest BCUT2D eigenvalue weighted by molar-refractivity contribution is -0.114. The summed E-state index contributed by atoms with van der Waals surface area (Å²) in [4.78, 5) is 11.2. The number of carbonyl (C=O) groups excluding carboxylic acids is 1. The number of anilines is 1. The number of hydrogen-bond acceptors (Lipinski definition) is 2. The molecule has 0 fully saturated rings. The molecule has 3 nitrogen and oxygen atoms in total. The summed E-state index contributed by atoms with van der Waals surface area (Å²) in [5.74, 6) is -0.0472. The Bertz CT molecular complexity index is 605. The van der Waals surface area contributed by atoms with Crippen LogP contribution >= 0.6 is 0 Å². The van der Waals surface area contributed by atoms with Gasteiger partial charge in [0, 0.05) is 25.2 Å². The predicted octanol–water partition coefficient (Wildman–Crippen LogP) is 3.80. The van der Waals surface area contributed by atoms with E-state index in [0.717, 1.165) is 11.3 Å². The molecule has 2 aromatic rings. The van der Waals surface area contributed by atoms with Crippen LogP contribution in [0.25, 0.3) is 0 Å². The molecule has 21 heavy (non-hydrogen) atoms. The number of aryl methyl sites for hydroxylation is 1. The van der Waals surface area contributed by atoms with E-state index in [4.69, 9.17) is 0 Å². The Kier molecular flexibility index (Phi) is 5.12. The summed E-state index contributed by atoms with van der Waals surface area (Å²) < 4.78 is 0. The minimum atomic E-state index is -0.0472. The van der Waals surface area contributed by atoms with Gasteiger partial charge in [0.15, 0.2) is 0 Å². The minimum absolute atomic E-state index is 0.0472. The number of nitrogens with one attached hydrogen (secondary N) is 2. The van der Waals surface area contributed by atoms with Crippen molar-refractivity contribution in [3.05, 3.63) is 65.2 Å². The number of benzene rings is 2. The standard InChI is InChI=1S/C18H22N2O/c1-13-8-10-16(11-9-13)14(2)19-12-17-6-4-5-7-18(17)20-15(3)21/h4-11,14,19H,12H2,1-3H3,(H,20,21). The fraction of sp³-hybridized carbons (Fsp3) is 0.278. The smallest absolute Gasteiger partial charge is 0.221 e. The second-order valence-corrected chi connectivity index (χ2v) is 5.35. The summed E-state index contributed by atoms with van der Waals surface area (Å²) in [5, 5.41) is 6.36. The van der Waals surface area contributed by atoms with Crippen molar-refractivity contribution >= 4 is 11.6 Å². The monoisotopic (exact) mass is 282 g/mol. The van der Waals surface area contributed by atoms with Gasteiger partial charge in [0.25, 0.3) is 0 Å². The SMILES string of the molecule is CC(=O)Nc1ccccc1CNC(C)c1ccc(C)cc1. The molecule has 0 radical (unpaired) electrons.